The van der Waals surface area contributed by atoms with Gasteiger partial charge in [-0.25, -0.2) is 9.78 Å². The standard InChI is InChI=1S/C17H23NO3/c1-2-11-6-3-4-9-15(11)21-16-13(17(19)20)10-12-7-5-8-14(12)18-16/h10-11,15H,2-9H2,1H3,(H,19,20). The second kappa shape index (κ2) is 6.04. The minimum Gasteiger partial charge on any atom is -0.477 e. The fourth-order valence-electron chi connectivity index (χ4n) is 3.64. The van der Waals surface area contributed by atoms with Crippen molar-refractivity contribution in [3.63, 3.8) is 0 Å². The zero-order chi connectivity index (χ0) is 14.8. The maximum Gasteiger partial charge on any atom is 0.341 e. The van der Waals surface area contributed by atoms with Gasteiger partial charge in [-0.05, 0) is 62.5 Å². The number of aryl methyl sites for hydroxylation is 2. The summed E-state index contributed by atoms with van der Waals surface area (Å²) in [6, 6.07) is 1.77. The Morgan fingerprint density at radius 2 is 2.14 bits per heavy atom. The number of fused-ring (bicyclic) bond motifs is 1. The summed E-state index contributed by atoms with van der Waals surface area (Å²) in [4.78, 5) is 16.0. The van der Waals surface area contributed by atoms with Crippen LogP contribution in [0.2, 0.25) is 0 Å². The van der Waals surface area contributed by atoms with Crippen molar-refractivity contribution in [2.75, 3.05) is 0 Å². The topological polar surface area (TPSA) is 59.4 Å². The number of aromatic nitrogens is 1. The molecule has 2 aliphatic rings. The van der Waals surface area contributed by atoms with Crippen LogP contribution in [0.4, 0.5) is 0 Å². The molecule has 0 saturated heterocycles. The normalized spacial score (nSPS) is 24.6. The van der Waals surface area contributed by atoms with Gasteiger partial charge < -0.3 is 9.84 Å². The lowest BCUT2D eigenvalue weighted by Crippen LogP contribution is -2.31. The summed E-state index contributed by atoms with van der Waals surface area (Å²) >= 11 is 0. The average Bonchev–Trinajstić information content (AvgIpc) is 2.94. The third-order valence-electron chi connectivity index (χ3n) is 4.87. The molecule has 0 bridgehead atoms. The van der Waals surface area contributed by atoms with Crippen LogP contribution in [-0.4, -0.2) is 22.2 Å². The van der Waals surface area contributed by atoms with Crippen LogP contribution in [0.5, 0.6) is 5.88 Å². The molecule has 114 valence electrons. The molecule has 2 atom stereocenters. The summed E-state index contributed by atoms with van der Waals surface area (Å²) in [6.45, 7) is 2.18. The van der Waals surface area contributed by atoms with E-state index in [1.165, 1.54) is 12.8 Å². The van der Waals surface area contributed by atoms with E-state index in [9.17, 15) is 9.90 Å². The Morgan fingerprint density at radius 1 is 1.33 bits per heavy atom. The van der Waals surface area contributed by atoms with Crippen LogP contribution in [0.15, 0.2) is 6.07 Å². The molecule has 1 aromatic rings. The molecule has 0 aliphatic heterocycles. The summed E-state index contributed by atoms with van der Waals surface area (Å²) in [5.41, 5.74) is 2.34. The molecule has 1 heterocycles. The van der Waals surface area contributed by atoms with Crippen molar-refractivity contribution in [3.8, 4) is 5.88 Å². The molecule has 1 saturated carbocycles. The molecule has 4 heteroatoms. The lowest BCUT2D eigenvalue weighted by molar-refractivity contribution is 0.0654. The lowest BCUT2D eigenvalue weighted by Gasteiger charge is -2.31. The van der Waals surface area contributed by atoms with Gasteiger partial charge in [-0.3, -0.25) is 0 Å². The molecule has 1 aromatic heterocycles. The first kappa shape index (κ1) is 14.4. The second-order valence-corrected chi connectivity index (χ2v) is 6.21. The number of pyridine rings is 1. The van der Waals surface area contributed by atoms with Gasteiger partial charge in [0.1, 0.15) is 11.7 Å². The number of carboxylic acid groups (broad SMARTS) is 1. The number of ether oxygens (including phenoxy) is 1. The van der Waals surface area contributed by atoms with Crippen LogP contribution in [0.25, 0.3) is 0 Å². The van der Waals surface area contributed by atoms with Crippen LogP contribution in [0, 0.1) is 5.92 Å². The predicted molar refractivity (Wildman–Crippen MR) is 79.9 cm³/mol. The zero-order valence-electron chi connectivity index (χ0n) is 12.6. The number of hydrogen-bond acceptors (Lipinski definition) is 3. The van der Waals surface area contributed by atoms with Crippen molar-refractivity contribution in [2.45, 2.75) is 64.4 Å². The molecular weight excluding hydrogens is 266 g/mol. The minimum absolute atomic E-state index is 0.119. The molecular formula is C17H23NO3. The lowest BCUT2D eigenvalue weighted by atomic mass is 9.85. The van der Waals surface area contributed by atoms with E-state index < -0.39 is 5.97 Å². The first-order valence-electron chi connectivity index (χ1n) is 8.11. The molecule has 21 heavy (non-hydrogen) atoms. The van der Waals surface area contributed by atoms with Crippen molar-refractivity contribution < 1.29 is 14.6 Å². The Hall–Kier alpha value is -1.58. The number of nitrogens with zero attached hydrogens (tertiary/aromatic N) is 1. The van der Waals surface area contributed by atoms with Gasteiger partial charge in [-0.1, -0.05) is 13.3 Å². The predicted octanol–water partition coefficient (Wildman–Crippen LogP) is 3.62. The molecule has 1 N–H and O–H groups in total. The third kappa shape index (κ3) is 2.89. The van der Waals surface area contributed by atoms with Crippen LogP contribution in [0.3, 0.4) is 0 Å². The third-order valence-corrected chi connectivity index (χ3v) is 4.87. The van der Waals surface area contributed by atoms with E-state index >= 15 is 0 Å². The molecule has 2 unspecified atom stereocenters. The van der Waals surface area contributed by atoms with Crippen molar-refractivity contribution in [1.82, 2.24) is 4.98 Å². The van der Waals surface area contributed by atoms with E-state index in [-0.39, 0.29) is 11.7 Å². The Labute approximate surface area is 125 Å². The molecule has 0 spiro atoms. The van der Waals surface area contributed by atoms with Crippen molar-refractivity contribution in [2.24, 2.45) is 5.92 Å². The van der Waals surface area contributed by atoms with E-state index in [1.54, 1.807) is 6.07 Å². The van der Waals surface area contributed by atoms with Gasteiger partial charge in [0.25, 0.3) is 0 Å². The highest BCUT2D eigenvalue weighted by Gasteiger charge is 2.28. The smallest absolute Gasteiger partial charge is 0.341 e. The number of carboxylic acids is 1. The summed E-state index contributed by atoms with van der Waals surface area (Å²) in [6.07, 6.45) is 8.73. The summed E-state index contributed by atoms with van der Waals surface area (Å²) < 4.78 is 6.08. The molecule has 0 radical (unpaired) electrons. The Balaban J connectivity index is 1.88. The van der Waals surface area contributed by atoms with E-state index in [0.29, 0.717) is 11.8 Å². The highest BCUT2D eigenvalue weighted by atomic mass is 16.5. The summed E-state index contributed by atoms with van der Waals surface area (Å²) in [5.74, 6) is -0.0694. The van der Waals surface area contributed by atoms with Gasteiger partial charge in [0, 0.05) is 5.69 Å². The Kier molecular flexibility index (Phi) is 4.13. The average molecular weight is 289 g/mol. The van der Waals surface area contributed by atoms with Crippen molar-refractivity contribution >= 4 is 5.97 Å². The quantitative estimate of drug-likeness (QED) is 0.919. The SMILES string of the molecule is CCC1CCCCC1Oc1nc2c(cc1C(=O)O)CCC2. The summed E-state index contributed by atoms with van der Waals surface area (Å²) in [7, 11) is 0. The Morgan fingerprint density at radius 3 is 2.90 bits per heavy atom. The number of aromatic carboxylic acids is 1. The maximum absolute atomic E-state index is 11.5. The highest BCUT2D eigenvalue weighted by molar-refractivity contribution is 5.90. The van der Waals surface area contributed by atoms with Crippen LogP contribution in [0.1, 0.15) is 67.1 Å². The van der Waals surface area contributed by atoms with Gasteiger partial charge in [0.2, 0.25) is 5.88 Å². The fraction of sp³-hybridized carbons (Fsp3) is 0.647. The Bertz CT molecular complexity index is 541. The first-order chi connectivity index (χ1) is 10.2. The zero-order valence-corrected chi connectivity index (χ0v) is 12.6. The maximum atomic E-state index is 11.5. The van der Waals surface area contributed by atoms with E-state index in [1.807, 2.05) is 0 Å². The molecule has 1 fully saturated rings. The number of hydrogen-bond donors (Lipinski definition) is 1. The highest BCUT2D eigenvalue weighted by Crippen LogP contribution is 2.33. The van der Waals surface area contributed by atoms with Gasteiger partial charge in [0.15, 0.2) is 0 Å². The van der Waals surface area contributed by atoms with E-state index in [0.717, 1.165) is 49.8 Å². The van der Waals surface area contributed by atoms with Gasteiger partial charge in [-0.2, -0.15) is 0 Å². The number of carbonyl (C=O) groups is 1. The first-order valence-corrected chi connectivity index (χ1v) is 8.11. The van der Waals surface area contributed by atoms with Crippen LogP contribution in [-0.2, 0) is 12.8 Å². The molecule has 3 rings (SSSR count). The van der Waals surface area contributed by atoms with Gasteiger partial charge in [-0.15, -0.1) is 0 Å². The largest absolute Gasteiger partial charge is 0.477 e. The second-order valence-electron chi connectivity index (χ2n) is 6.21. The van der Waals surface area contributed by atoms with Gasteiger partial charge in [0.05, 0.1) is 0 Å². The van der Waals surface area contributed by atoms with Crippen LogP contribution >= 0.6 is 0 Å². The minimum atomic E-state index is -0.934. The number of rotatable bonds is 4. The molecule has 0 amide bonds. The monoisotopic (exact) mass is 289 g/mol. The summed E-state index contributed by atoms with van der Waals surface area (Å²) in [5, 5.41) is 9.43. The van der Waals surface area contributed by atoms with Crippen LogP contribution < -0.4 is 4.74 Å². The molecule has 0 aromatic carbocycles. The van der Waals surface area contributed by atoms with Crippen molar-refractivity contribution in [3.05, 3.63) is 22.9 Å². The molecule has 2 aliphatic carbocycles. The van der Waals surface area contributed by atoms with E-state index in [2.05, 4.69) is 11.9 Å². The van der Waals surface area contributed by atoms with E-state index in [4.69, 9.17) is 4.74 Å². The fourth-order valence-corrected chi connectivity index (χ4v) is 3.64. The van der Waals surface area contributed by atoms with Crippen molar-refractivity contribution in [1.29, 1.82) is 0 Å². The molecule has 4 nitrogen and oxygen atoms in total. The van der Waals surface area contributed by atoms with Gasteiger partial charge >= 0.3 is 5.97 Å².